The van der Waals surface area contributed by atoms with E-state index in [1.807, 2.05) is 0 Å². The first kappa shape index (κ1) is 16.2. The Balaban J connectivity index is 1.72. The van der Waals surface area contributed by atoms with E-state index in [0.29, 0.717) is 6.04 Å². The zero-order valence-corrected chi connectivity index (χ0v) is 14.5. The van der Waals surface area contributed by atoms with Crippen LogP contribution in [0.4, 0.5) is 0 Å². The monoisotopic (exact) mass is 313 g/mol. The summed E-state index contributed by atoms with van der Waals surface area (Å²) in [4.78, 5) is 7.04. The number of aryl methyl sites for hydroxylation is 2. The fraction of sp³-hybridized carbons (Fsp3) is 0.579. The summed E-state index contributed by atoms with van der Waals surface area (Å²) >= 11 is 0. The second-order valence-corrected chi connectivity index (χ2v) is 6.63. The molecule has 0 aliphatic carbocycles. The Morgan fingerprint density at radius 2 is 2.17 bits per heavy atom. The van der Waals surface area contributed by atoms with Crippen LogP contribution < -0.4 is 0 Å². The zero-order valence-electron chi connectivity index (χ0n) is 14.5. The highest BCUT2D eigenvalue weighted by atomic mass is 16.5. The second kappa shape index (κ2) is 7.26. The van der Waals surface area contributed by atoms with Gasteiger partial charge >= 0.3 is 0 Å². The van der Waals surface area contributed by atoms with Gasteiger partial charge in [0.1, 0.15) is 0 Å². The largest absolute Gasteiger partial charge is 0.338 e. The van der Waals surface area contributed by atoms with E-state index in [1.165, 1.54) is 29.5 Å². The van der Waals surface area contributed by atoms with Crippen molar-refractivity contribution in [3.63, 3.8) is 0 Å². The first-order valence-electron chi connectivity index (χ1n) is 8.80. The molecule has 2 heterocycles. The quantitative estimate of drug-likeness (QED) is 0.794. The number of unbranched alkanes of at least 4 members (excludes halogenated alkanes) is 1. The Hall–Kier alpha value is -1.68. The smallest absolute Gasteiger partial charge is 0.240 e. The lowest BCUT2D eigenvalue weighted by Gasteiger charge is -2.25. The van der Waals surface area contributed by atoms with Crippen molar-refractivity contribution < 1.29 is 4.52 Å². The molecule has 1 atom stereocenters. The maximum absolute atomic E-state index is 5.46. The molecule has 4 nitrogen and oxygen atoms in total. The Morgan fingerprint density at radius 1 is 1.30 bits per heavy atom. The summed E-state index contributed by atoms with van der Waals surface area (Å²) in [5, 5.41) is 4.11. The standard InChI is InChI=1S/C19H27N3O/c1-4-5-11-18-20-19(23-21-18)13-22-12-7-10-17(22)16-9-6-8-14(2)15(16)3/h6,8-9,17H,4-5,7,10-13H2,1-3H3. The second-order valence-electron chi connectivity index (χ2n) is 6.63. The van der Waals surface area contributed by atoms with Crippen LogP contribution in [0, 0.1) is 13.8 Å². The van der Waals surface area contributed by atoms with Crippen LogP contribution in [0.15, 0.2) is 22.7 Å². The molecule has 1 saturated heterocycles. The van der Waals surface area contributed by atoms with Crippen molar-refractivity contribution in [2.24, 2.45) is 0 Å². The van der Waals surface area contributed by atoms with Gasteiger partial charge in [-0.25, -0.2) is 0 Å². The molecule has 3 rings (SSSR count). The van der Waals surface area contributed by atoms with Gasteiger partial charge < -0.3 is 4.52 Å². The molecule has 0 amide bonds. The highest BCUT2D eigenvalue weighted by molar-refractivity contribution is 5.35. The Labute approximate surface area is 138 Å². The Morgan fingerprint density at radius 3 is 3.00 bits per heavy atom. The van der Waals surface area contributed by atoms with Crippen LogP contribution in [0.5, 0.6) is 0 Å². The maximum Gasteiger partial charge on any atom is 0.240 e. The van der Waals surface area contributed by atoms with Gasteiger partial charge in [-0.15, -0.1) is 0 Å². The van der Waals surface area contributed by atoms with Gasteiger partial charge in [-0.1, -0.05) is 36.7 Å². The summed E-state index contributed by atoms with van der Waals surface area (Å²) in [6.07, 6.45) is 5.63. The van der Waals surface area contributed by atoms with Crippen LogP contribution in [0.3, 0.4) is 0 Å². The van der Waals surface area contributed by atoms with Gasteiger partial charge in [-0.05, 0) is 56.3 Å². The third-order valence-corrected chi connectivity index (χ3v) is 4.97. The molecule has 0 saturated carbocycles. The van der Waals surface area contributed by atoms with Gasteiger partial charge in [0.2, 0.25) is 5.89 Å². The van der Waals surface area contributed by atoms with E-state index in [2.05, 4.69) is 54.0 Å². The van der Waals surface area contributed by atoms with E-state index < -0.39 is 0 Å². The van der Waals surface area contributed by atoms with E-state index in [1.54, 1.807) is 0 Å². The molecule has 0 bridgehead atoms. The Kier molecular flexibility index (Phi) is 5.11. The van der Waals surface area contributed by atoms with Gasteiger partial charge in [0.25, 0.3) is 0 Å². The average Bonchev–Trinajstić information content (AvgIpc) is 3.18. The molecular formula is C19H27N3O. The number of hydrogen-bond acceptors (Lipinski definition) is 4. The molecule has 0 N–H and O–H groups in total. The van der Waals surface area contributed by atoms with E-state index in [0.717, 1.165) is 44.1 Å². The molecule has 0 radical (unpaired) electrons. The number of hydrogen-bond donors (Lipinski definition) is 0. The van der Waals surface area contributed by atoms with E-state index in [4.69, 9.17) is 4.52 Å². The summed E-state index contributed by atoms with van der Waals surface area (Å²) in [7, 11) is 0. The van der Waals surface area contributed by atoms with Gasteiger partial charge in [-0.2, -0.15) is 4.98 Å². The van der Waals surface area contributed by atoms with Gasteiger partial charge in [0.15, 0.2) is 5.82 Å². The van der Waals surface area contributed by atoms with Crippen LogP contribution in [0.25, 0.3) is 0 Å². The van der Waals surface area contributed by atoms with Gasteiger partial charge in [0.05, 0.1) is 6.54 Å². The van der Waals surface area contributed by atoms with Crippen molar-refractivity contribution >= 4 is 0 Å². The minimum Gasteiger partial charge on any atom is -0.338 e. The molecule has 1 aliphatic rings. The lowest BCUT2D eigenvalue weighted by Crippen LogP contribution is -2.23. The first-order chi connectivity index (χ1) is 11.2. The van der Waals surface area contributed by atoms with Crippen LogP contribution in [0.2, 0.25) is 0 Å². The molecule has 1 fully saturated rings. The van der Waals surface area contributed by atoms with Crippen molar-refractivity contribution in [3.05, 3.63) is 46.6 Å². The SMILES string of the molecule is CCCCc1noc(CN2CCCC2c2cccc(C)c2C)n1. The number of nitrogens with zero attached hydrogens (tertiary/aromatic N) is 3. The van der Waals surface area contributed by atoms with Crippen LogP contribution in [-0.2, 0) is 13.0 Å². The normalized spacial score (nSPS) is 18.7. The van der Waals surface area contributed by atoms with Crippen molar-refractivity contribution in [1.29, 1.82) is 0 Å². The van der Waals surface area contributed by atoms with Crippen molar-refractivity contribution in [3.8, 4) is 0 Å². The molecule has 1 aliphatic heterocycles. The lowest BCUT2D eigenvalue weighted by atomic mass is 9.96. The highest BCUT2D eigenvalue weighted by Crippen LogP contribution is 2.35. The summed E-state index contributed by atoms with van der Waals surface area (Å²) < 4.78 is 5.46. The Bertz CT molecular complexity index is 650. The zero-order chi connectivity index (χ0) is 16.2. The lowest BCUT2D eigenvalue weighted by molar-refractivity contribution is 0.211. The molecule has 0 spiro atoms. The minimum atomic E-state index is 0.473. The van der Waals surface area contributed by atoms with Gasteiger partial charge in [0, 0.05) is 12.5 Å². The predicted molar refractivity (Wildman–Crippen MR) is 91.2 cm³/mol. The number of benzene rings is 1. The molecule has 4 heteroatoms. The van der Waals surface area contributed by atoms with E-state index in [9.17, 15) is 0 Å². The summed E-state index contributed by atoms with van der Waals surface area (Å²) in [6.45, 7) is 8.47. The molecule has 2 aromatic rings. The van der Waals surface area contributed by atoms with Crippen LogP contribution in [-0.4, -0.2) is 21.6 Å². The third kappa shape index (κ3) is 3.63. The number of aromatic nitrogens is 2. The molecule has 1 aromatic heterocycles. The maximum atomic E-state index is 5.46. The van der Waals surface area contributed by atoms with Gasteiger partial charge in [-0.3, -0.25) is 4.90 Å². The van der Waals surface area contributed by atoms with E-state index in [-0.39, 0.29) is 0 Å². The number of likely N-dealkylation sites (tertiary alicyclic amines) is 1. The summed E-state index contributed by atoms with van der Waals surface area (Å²) in [5.74, 6) is 1.61. The van der Waals surface area contributed by atoms with Crippen molar-refractivity contribution in [2.75, 3.05) is 6.54 Å². The fourth-order valence-electron chi connectivity index (χ4n) is 3.47. The average molecular weight is 313 g/mol. The molecule has 1 aromatic carbocycles. The highest BCUT2D eigenvalue weighted by Gasteiger charge is 2.28. The predicted octanol–water partition coefficient (Wildman–Crippen LogP) is 4.37. The topological polar surface area (TPSA) is 42.2 Å². The van der Waals surface area contributed by atoms with Crippen LogP contribution in [0.1, 0.15) is 67.1 Å². The number of rotatable bonds is 6. The van der Waals surface area contributed by atoms with Crippen molar-refractivity contribution in [1.82, 2.24) is 15.0 Å². The van der Waals surface area contributed by atoms with E-state index >= 15 is 0 Å². The van der Waals surface area contributed by atoms with Crippen LogP contribution >= 0.6 is 0 Å². The fourth-order valence-corrected chi connectivity index (χ4v) is 3.47. The molecule has 23 heavy (non-hydrogen) atoms. The minimum absolute atomic E-state index is 0.473. The third-order valence-electron chi connectivity index (χ3n) is 4.97. The first-order valence-corrected chi connectivity index (χ1v) is 8.80. The molecule has 1 unspecified atom stereocenters. The van der Waals surface area contributed by atoms with Crippen molar-refractivity contribution in [2.45, 2.75) is 65.5 Å². The summed E-state index contributed by atoms with van der Waals surface area (Å²) in [5.41, 5.74) is 4.24. The molecule has 124 valence electrons. The summed E-state index contributed by atoms with van der Waals surface area (Å²) in [6, 6.07) is 7.10. The molecular weight excluding hydrogens is 286 g/mol.